The van der Waals surface area contributed by atoms with Crippen molar-refractivity contribution in [2.75, 3.05) is 18.4 Å². The Morgan fingerprint density at radius 1 is 1.07 bits per heavy atom. The molecule has 6 nitrogen and oxygen atoms in total. The summed E-state index contributed by atoms with van der Waals surface area (Å²) in [7, 11) is -3.58. The summed E-state index contributed by atoms with van der Waals surface area (Å²) in [4.78, 5) is 16.2. The zero-order valence-corrected chi connectivity index (χ0v) is 15.6. The molecule has 0 aliphatic carbocycles. The van der Waals surface area contributed by atoms with Gasteiger partial charge in [-0.3, -0.25) is 4.79 Å². The number of nitrogens with zero attached hydrogens (tertiary/aromatic N) is 1. The Balaban J connectivity index is 1.51. The van der Waals surface area contributed by atoms with Crippen molar-refractivity contribution in [1.29, 1.82) is 0 Å². The number of anilines is 1. The number of benzene rings is 2. The van der Waals surface area contributed by atoms with Crippen LogP contribution in [-0.4, -0.2) is 36.7 Å². The fraction of sp³-hybridized carbons (Fsp3) is 0.250. The Kier molecular flexibility index (Phi) is 4.72. The van der Waals surface area contributed by atoms with E-state index >= 15 is 0 Å². The van der Waals surface area contributed by atoms with Crippen molar-refractivity contribution in [3.63, 3.8) is 0 Å². The minimum absolute atomic E-state index is 0.142. The number of hydrogen-bond acceptors (Lipinski definition) is 3. The van der Waals surface area contributed by atoms with Crippen molar-refractivity contribution in [1.82, 2.24) is 9.29 Å². The molecule has 2 aromatic carbocycles. The van der Waals surface area contributed by atoms with Gasteiger partial charge in [0.05, 0.1) is 16.5 Å². The van der Waals surface area contributed by atoms with Gasteiger partial charge in [0, 0.05) is 30.2 Å². The van der Waals surface area contributed by atoms with Gasteiger partial charge >= 0.3 is 0 Å². The summed E-state index contributed by atoms with van der Waals surface area (Å²) >= 11 is 0. The topological polar surface area (TPSA) is 82.3 Å². The number of piperidine rings is 1. The molecule has 1 aliphatic heterocycles. The smallest absolute Gasteiger partial charge is 0.243 e. The molecule has 7 heteroatoms. The number of hydrogen-bond donors (Lipinski definition) is 2. The molecule has 1 aromatic heterocycles. The molecular weight excluding hydrogens is 362 g/mol. The van der Waals surface area contributed by atoms with Crippen LogP contribution in [0.1, 0.15) is 12.8 Å². The Bertz CT molecular complexity index is 1060. The first-order valence-electron chi connectivity index (χ1n) is 8.98. The molecular formula is C20H21N3O3S. The van der Waals surface area contributed by atoms with E-state index in [1.54, 1.807) is 30.3 Å². The molecule has 140 valence electrons. The van der Waals surface area contributed by atoms with Crippen LogP contribution in [0.2, 0.25) is 0 Å². The Hall–Kier alpha value is -2.64. The maximum absolute atomic E-state index is 12.8. The average molecular weight is 383 g/mol. The molecule has 0 radical (unpaired) electrons. The third-order valence-corrected chi connectivity index (χ3v) is 6.87. The first kappa shape index (κ1) is 17.8. The van der Waals surface area contributed by atoms with Crippen LogP contribution in [0.3, 0.4) is 0 Å². The van der Waals surface area contributed by atoms with Gasteiger partial charge in [0.1, 0.15) is 0 Å². The Morgan fingerprint density at radius 3 is 2.70 bits per heavy atom. The highest BCUT2D eigenvalue weighted by Gasteiger charge is 2.33. The number of aromatic amines is 1. The number of fused-ring (bicyclic) bond motifs is 1. The van der Waals surface area contributed by atoms with Crippen molar-refractivity contribution in [2.24, 2.45) is 5.92 Å². The van der Waals surface area contributed by atoms with Crippen molar-refractivity contribution >= 4 is 32.5 Å². The van der Waals surface area contributed by atoms with E-state index in [9.17, 15) is 13.2 Å². The average Bonchev–Trinajstić information content (AvgIpc) is 3.19. The molecule has 0 unspecified atom stereocenters. The highest BCUT2D eigenvalue weighted by molar-refractivity contribution is 7.89. The molecule has 1 atom stereocenters. The lowest BCUT2D eigenvalue weighted by atomic mass is 9.98. The normalized spacial score (nSPS) is 18.4. The molecule has 3 aromatic rings. The predicted octanol–water partition coefficient (Wildman–Crippen LogP) is 3.21. The summed E-state index contributed by atoms with van der Waals surface area (Å²) in [6, 6.07) is 16.0. The molecule has 4 rings (SSSR count). The quantitative estimate of drug-likeness (QED) is 0.726. The fourth-order valence-electron chi connectivity index (χ4n) is 3.55. The second kappa shape index (κ2) is 7.17. The number of sulfonamides is 1. The third kappa shape index (κ3) is 3.48. The summed E-state index contributed by atoms with van der Waals surface area (Å²) < 4.78 is 27.1. The van der Waals surface area contributed by atoms with Crippen LogP contribution in [0.5, 0.6) is 0 Å². The zero-order valence-electron chi connectivity index (χ0n) is 14.8. The standard InChI is InChI=1S/C20H21N3O3S/c24-20(22-19-10-4-9-18-17(19)11-12-21-18)15-6-5-13-23(14-15)27(25,26)16-7-2-1-3-8-16/h1-4,7-12,15,21H,5-6,13-14H2,(H,22,24)/t15-/m1/s1. The van der Waals surface area contributed by atoms with Crippen molar-refractivity contribution in [2.45, 2.75) is 17.7 Å². The van der Waals surface area contributed by atoms with Gasteiger partial charge in [0.2, 0.25) is 15.9 Å². The summed E-state index contributed by atoms with van der Waals surface area (Å²) in [5, 5.41) is 3.91. The number of aromatic nitrogens is 1. The Labute approximate surface area is 158 Å². The van der Waals surface area contributed by atoms with Gasteiger partial charge in [-0.2, -0.15) is 4.31 Å². The van der Waals surface area contributed by atoms with E-state index < -0.39 is 10.0 Å². The van der Waals surface area contributed by atoms with Crippen LogP contribution in [0.15, 0.2) is 65.7 Å². The van der Waals surface area contributed by atoms with Crippen LogP contribution < -0.4 is 5.32 Å². The first-order valence-corrected chi connectivity index (χ1v) is 10.4. The molecule has 27 heavy (non-hydrogen) atoms. The monoisotopic (exact) mass is 383 g/mol. The van der Waals surface area contributed by atoms with Gasteiger partial charge < -0.3 is 10.3 Å². The van der Waals surface area contributed by atoms with E-state index in [1.807, 2.05) is 30.5 Å². The molecule has 2 N–H and O–H groups in total. The summed E-state index contributed by atoms with van der Waals surface area (Å²) in [6.07, 6.45) is 3.17. The third-order valence-electron chi connectivity index (χ3n) is 4.99. The van der Waals surface area contributed by atoms with Crippen LogP contribution in [0.25, 0.3) is 10.9 Å². The number of amides is 1. The SMILES string of the molecule is O=C(Nc1cccc2[nH]ccc12)[C@@H]1CCCN(S(=O)(=O)c2ccccc2)C1. The second-order valence-electron chi connectivity index (χ2n) is 6.75. The van der Waals surface area contributed by atoms with Gasteiger partial charge in [0.15, 0.2) is 0 Å². The predicted molar refractivity (Wildman–Crippen MR) is 105 cm³/mol. The molecule has 1 aliphatic rings. The number of nitrogens with one attached hydrogen (secondary N) is 2. The van der Waals surface area contributed by atoms with E-state index in [-0.39, 0.29) is 23.3 Å². The Morgan fingerprint density at radius 2 is 1.89 bits per heavy atom. The molecule has 1 fully saturated rings. The minimum Gasteiger partial charge on any atom is -0.361 e. The largest absolute Gasteiger partial charge is 0.361 e. The molecule has 1 amide bonds. The summed E-state index contributed by atoms with van der Waals surface area (Å²) in [5.74, 6) is -0.511. The number of carbonyl (C=O) groups is 1. The van der Waals surface area contributed by atoms with E-state index in [1.165, 1.54) is 4.31 Å². The molecule has 2 heterocycles. The van der Waals surface area contributed by atoms with Gasteiger partial charge in [-0.05, 0) is 43.2 Å². The van der Waals surface area contributed by atoms with E-state index in [0.717, 1.165) is 16.6 Å². The van der Waals surface area contributed by atoms with Gasteiger partial charge in [-0.25, -0.2) is 8.42 Å². The first-order chi connectivity index (χ1) is 13.1. The maximum Gasteiger partial charge on any atom is 0.243 e. The lowest BCUT2D eigenvalue weighted by Crippen LogP contribution is -2.43. The number of carbonyl (C=O) groups excluding carboxylic acids is 1. The van der Waals surface area contributed by atoms with Crippen LogP contribution in [0, 0.1) is 5.92 Å². The zero-order chi connectivity index (χ0) is 18.9. The van der Waals surface area contributed by atoms with Gasteiger partial charge in [-0.15, -0.1) is 0 Å². The lowest BCUT2D eigenvalue weighted by molar-refractivity contribution is -0.120. The van der Waals surface area contributed by atoms with E-state index in [0.29, 0.717) is 19.4 Å². The second-order valence-corrected chi connectivity index (χ2v) is 8.69. The van der Waals surface area contributed by atoms with Gasteiger partial charge in [-0.1, -0.05) is 24.3 Å². The maximum atomic E-state index is 12.8. The van der Waals surface area contributed by atoms with Crippen molar-refractivity contribution in [3.05, 3.63) is 60.8 Å². The van der Waals surface area contributed by atoms with Crippen molar-refractivity contribution < 1.29 is 13.2 Å². The van der Waals surface area contributed by atoms with Crippen LogP contribution in [0.4, 0.5) is 5.69 Å². The highest BCUT2D eigenvalue weighted by Crippen LogP contribution is 2.27. The number of rotatable bonds is 4. The van der Waals surface area contributed by atoms with Crippen LogP contribution >= 0.6 is 0 Å². The number of H-pyrrole nitrogens is 1. The van der Waals surface area contributed by atoms with Crippen LogP contribution in [-0.2, 0) is 14.8 Å². The molecule has 1 saturated heterocycles. The summed E-state index contributed by atoms with van der Waals surface area (Å²) in [5.41, 5.74) is 1.69. The summed E-state index contributed by atoms with van der Waals surface area (Å²) in [6.45, 7) is 0.639. The molecule has 0 spiro atoms. The minimum atomic E-state index is -3.58. The van der Waals surface area contributed by atoms with E-state index in [2.05, 4.69) is 10.3 Å². The fourth-order valence-corrected chi connectivity index (χ4v) is 5.09. The highest BCUT2D eigenvalue weighted by atomic mass is 32.2. The van der Waals surface area contributed by atoms with E-state index in [4.69, 9.17) is 0 Å². The van der Waals surface area contributed by atoms with Gasteiger partial charge in [0.25, 0.3) is 0 Å². The molecule has 0 bridgehead atoms. The van der Waals surface area contributed by atoms with Crippen molar-refractivity contribution in [3.8, 4) is 0 Å². The molecule has 0 saturated carbocycles. The lowest BCUT2D eigenvalue weighted by Gasteiger charge is -2.31.